The summed E-state index contributed by atoms with van der Waals surface area (Å²) in [5.74, 6) is -0.181. The minimum atomic E-state index is -0.664. The van der Waals surface area contributed by atoms with Gasteiger partial charge in [0.25, 0.3) is 0 Å². The number of benzene rings is 3. The molecule has 1 unspecified atom stereocenters. The highest BCUT2D eigenvalue weighted by Gasteiger charge is 2.36. The first-order valence-electron chi connectivity index (χ1n) is 10.1. The van der Waals surface area contributed by atoms with Crippen LogP contribution >= 0.6 is 0 Å². The van der Waals surface area contributed by atoms with Gasteiger partial charge in [0.2, 0.25) is 0 Å². The van der Waals surface area contributed by atoms with E-state index in [9.17, 15) is 9.59 Å². The molecule has 0 fully saturated rings. The normalized spacial score (nSPS) is 12.3. The number of carbonyl (C=O) groups excluding carboxylic acids is 2. The van der Waals surface area contributed by atoms with Gasteiger partial charge in [-0.05, 0) is 23.1 Å². The van der Waals surface area contributed by atoms with Crippen LogP contribution in [0, 0.1) is 5.92 Å². The third-order valence-corrected chi connectivity index (χ3v) is 5.38. The maximum Gasteiger partial charge on any atom is 0.147 e. The Morgan fingerprint density at radius 3 is 1.59 bits per heavy atom. The van der Waals surface area contributed by atoms with Crippen molar-refractivity contribution in [2.45, 2.75) is 25.3 Å². The first-order chi connectivity index (χ1) is 14.2. The van der Waals surface area contributed by atoms with Crippen LogP contribution in [0.5, 0.6) is 0 Å². The number of Topliss-reactive ketones (excluding diaryl/α,β-unsaturated/α-hetero) is 1. The van der Waals surface area contributed by atoms with E-state index in [0.29, 0.717) is 6.42 Å². The molecule has 0 saturated carbocycles. The number of hydrogen-bond donors (Lipinski definition) is 1. The van der Waals surface area contributed by atoms with Crippen LogP contribution in [0.3, 0.4) is 0 Å². The van der Waals surface area contributed by atoms with Gasteiger partial charge in [0, 0.05) is 12.3 Å². The number of rotatable bonds is 10. The zero-order chi connectivity index (χ0) is 20.5. The number of carbonyl (C=O) groups is 2. The van der Waals surface area contributed by atoms with E-state index in [4.69, 9.17) is 0 Å². The zero-order valence-corrected chi connectivity index (χ0v) is 16.8. The van der Waals surface area contributed by atoms with E-state index in [2.05, 4.69) is 41.7 Å². The molecule has 3 aromatic carbocycles. The van der Waals surface area contributed by atoms with E-state index in [1.807, 2.05) is 61.5 Å². The molecule has 3 aromatic rings. The van der Waals surface area contributed by atoms with Gasteiger partial charge in [-0.25, -0.2) is 0 Å². The fraction of sp³-hybridized carbons (Fsp3) is 0.231. The van der Waals surface area contributed by atoms with Crippen molar-refractivity contribution in [3.63, 3.8) is 0 Å². The van der Waals surface area contributed by atoms with Crippen LogP contribution < -0.4 is 5.32 Å². The van der Waals surface area contributed by atoms with Gasteiger partial charge >= 0.3 is 0 Å². The fourth-order valence-electron chi connectivity index (χ4n) is 3.76. The number of ketones is 1. The van der Waals surface area contributed by atoms with E-state index >= 15 is 0 Å². The molecule has 0 saturated heterocycles. The summed E-state index contributed by atoms with van der Waals surface area (Å²) in [6.07, 6.45) is 1.83. The smallest absolute Gasteiger partial charge is 0.147 e. The molecular weight excluding hydrogens is 358 g/mol. The van der Waals surface area contributed by atoms with Crippen molar-refractivity contribution in [1.82, 2.24) is 5.32 Å². The second-order valence-electron chi connectivity index (χ2n) is 7.25. The summed E-state index contributed by atoms with van der Waals surface area (Å²) in [4.78, 5) is 23.9. The first kappa shape index (κ1) is 20.7. The number of nitrogens with one attached hydrogen (secondary N) is 1. The topological polar surface area (TPSA) is 46.2 Å². The van der Waals surface area contributed by atoms with Crippen molar-refractivity contribution in [2.75, 3.05) is 6.54 Å². The third-order valence-electron chi connectivity index (χ3n) is 5.38. The van der Waals surface area contributed by atoms with Gasteiger partial charge in [0.05, 0.1) is 12.1 Å². The van der Waals surface area contributed by atoms with Gasteiger partial charge in [0.1, 0.15) is 12.1 Å². The van der Waals surface area contributed by atoms with Crippen molar-refractivity contribution in [3.05, 3.63) is 108 Å². The molecule has 29 heavy (non-hydrogen) atoms. The van der Waals surface area contributed by atoms with Crippen molar-refractivity contribution in [1.29, 1.82) is 0 Å². The van der Waals surface area contributed by atoms with Gasteiger partial charge < -0.3 is 4.79 Å². The Bertz CT molecular complexity index is 811. The largest absolute Gasteiger partial charge is 0.303 e. The minimum Gasteiger partial charge on any atom is -0.303 e. The number of aldehydes is 1. The molecule has 0 radical (unpaired) electrons. The van der Waals surface area contributed by atoms with Crippen LogP contribution in [-0.2, 0) is 15.1 Å². The Kier molecular flexibility index (Phi) is 7.09. The van der Waals surface area contributed by atoms with Crippen molar-refractivity contribution in [2.24, 2.45) is 5.92 Å². The highest BCUT2D eigenvalue weighted by molar-refractivity contribution is 5.83. The molecule has 3 nitrogen and oxygen atoms in total. The van der Waals surface area contributed by atoms with Gasteiger partial charge in [0.15, 0.2) is 0 Å². The maximum absolute atomic E-state index is 12.7. The zero-order valence-electron chi connectivity index (χ0n) is 16.8. The molecule has 0 spiro atoms. The molecule has 1 N–H and O–H groups in total. The third kappa shape index (κ3) is 4.69. The summed E-state index contributed by atoms with van der Waals surface area (Å²) in [5.41, 5.74) is 2.52. The molecule has 0 amide bonds. The summed E-state index contributed by atoms with van der Waals surface area (Å²) in [6, 6.07) is 30.5. The molecule has 0 aliphatic heterocycles. The van der Waals surface area contributed by atoms with Crippen LogP contribution in [0.15, 0.2) is 91.0 Å². The maximum atomic E-state index is 12.7. The molecule has 0 bridgehead atoms. The Morgan fingerprint density at radius 2 is 1.24 bits per heavy atom. The molecule has 0 heterocycles. The SMILES string of the molecule is CCC(C=O)CC(=O)CNC(c1ccccc1)(c1ccccc1)c1ccccc1. The lowest BCUT2D eigenvalue weighted by atomic mass is 9.77. The van der Waals surface area contributed by atoms with Gasteiger partial charge in [-0.15, -0.1) is 0 Å². The Balaban J connectivity index is 2.05. The van der Waals surface area contributed by atoms with E-state index in [1.54, 1.807) is 0 Å². The summed E-state index contributed by atoms with van der Waals surface area (Å²) < 4.78 is 0. The quantitative estimate of drug-likeness (QED) is 0.405. The van der Waals surface area contributed by atoms with Crippen LogP contribution in [0.4, 0.5) is 0 Å². The highest BCUT2D eigenvalue weighted by atomic mass is 16.1. The summed E-state index contributed by atoms with van der Waals surface area (Å²) in [5, 5.41) is 3.57. The van der Waals surface area contributed by atoms with E-state index in [-0.39, 0.29) is 24.7 Å². The van der Waals surface area contributed by atoms with Crippen molar-refractivity contribution in [3.8, 4) is 0 Å². The monoisotopic (exact) mass is 385 g/mol. The van der Waals surface area contributed by atoms with Gasteiger partial charge in [-0.2, -0.15) is 0 Å². The fourth-order valence-corrected chi connectivity index (χ4v) is 3.76. The minimum absolute atomic E-state index is 0.0381. The highest BCUT2D eigenvalue weighted by Crippen LogP contribution is 2.36. The molecule has 1 atom stereocenters. The molecule has 0 aromatic heterocycles. The molecular formula is C26H27NO2. The molecule has 148 valence electrons. The second kappa shape index (κ2) is 9.94. The lowest BCUT2D eigenvalue weighted by Crippen LogP contribution is -2.47. The van der Waals surface area contributed by atoms with Gasteiger partial charge in [-0.3, -0.25) is 10.1 Å². The lowest BCUT2D eigenvalue weighted by Gasteiger charge is -2.37. The van der Waals surface area contributed by atoms with Crippen LogP contribution in [0.2, 0.25) is 0 Å². The molecule has 0 aliphatic rings. The average Bonchev–Trinajstić information content (AvgIpc) is 2.80. The predicted octanol–water partition coefficient (Wildman–Crippen LogP) is 4.75. The Morgan fingerprint density at radius 1 is 0.828 bits per heavy atom. The summed E-state index contributed by atoms with van der Waals surface area (Å²) >= 11 is 0. The summed E-state index contributed by atoms with van der Waals surface area (Å²) in [7, 11) is 0. The molecule has 3 heteroatoms. The number of hydrogen-bond acceptors (Lipinski definition) is 3. The second-order valence-corrected chi connectivity index (χ2v) is 7.25. The first-order valence-corrected chi connectivity index (χ1v) is 10.1. The van der Waals surface area contributed by atoms with Crippen molar-refractivity contribution < 1.29 is 9.59 Å². The Hall–Kier alpha value is -3.04. The summed E-state index contributed by atoms with van der Waals surface area (Å²) in [6.45, 7) is 2.12. The van der Waals surface area contributed by atoms with Gasteiger partial charge in [-0.1, -0.05) is 97.9 Å². The van der Waals surface area contributed by atoms with Crippen LogP contribution in [0.25, 0.3) is 0 Å². The predicted molar refractivity (Wildman–Crippen MR) is 117 cm³/mol. The van der Waals surface area contributed by atoms with Crippen molar-refractivity contribution >= 4 is 12.1 Å². The van der Waals surface area contributed by atoms with E-state index in [1.165, 1.54) is 0 Å². The van der Waals surface area contributed by atoms with Crippen LogP contribution in [0.1, 0.15) is 36.5 Å². The van der Waals surface area contributed by atoms with E-state index < -0.39 is 5.54 Å². The van der Waals surface area contributed by atoms with E-state index in [0.717, 1.165) is 23.0 Å². The Labute approximate surface area is 172 Å². The standard InChI is InChI=1S/C26H27NO2/c1-2-21(20-28)18-25(29)19-27-26(22-12-6-3-7-13-22,23-14-8-4-9-15-23)24-16-10-5-11-17-24/h3-17,20-21,27H,2,18-19H2,1H3. The molecule has 3 rings (SSSR count). The lowest BCUT2D eigenvalue weighted by molar-refractivity contribution is -0.122. The average molecular weight is 386 g/mol. The van der Waals surface area contributed by atoms with Crippen LogP contribution in [-0.4, -0.2) is 18.6 Å². The molecule has 0 aliphatic carbocycles.